The van der Waals surface area contributed by atoms with Crippen LogP contribution in [-0.4, -0.2) is 15.8 Å². The summed E-state index contributed by atoms with van der Waals surface area (Å²) in [6.45, 7) is 5.81. The summed E-state index contributed by atoms with van der Waals surface area (Å²) in [5.41, 5.74) is 22.0. The van der Waals surface area contributed by atoms with Crippen molar-refractivity contribution in [2.24, 2.45) is 0 Å². The minimum absolute atomic E-state index is 0.00201. The van der Waals surface area contributed by atoms with Gasteiger partial charge in [0, 0.05) is 77.9 Å². The number of nitrogens with zero attached hydrogens (tertiary/aromatic N) is 4. The van der Waals surface area contributed by atoms with Gasteiger partial charge in [-0.3, -0.25) is 0 Å². The molecule has 0 radical (unpaired) electrons. The molecule has 0 atom stereocenters. The van der Waals surface area contributed by atoms with Crippen LogP contribution in [0.25, 0.3) is 144 Å². The Morgan fingerprint density at radius 2 is 0.568 bits per heavy atom. The van der Waals surface area contributed by atoms with Crippen molar-refractivity contribution in [2.45, 2.75) is 26.2 Å². The van der Waals surface area contributed by atoms with Crippen LogP contribution in [0.4, 0.5) is 34.1 Å². The molecule has 2 aromatic heterocycles. The molecule has 5 heteroatoms. The van der Waals surface area contributed by atoms with Gasteiger partial charge in [0.25, 0.3) is 6.71 Å². The summed E-state index contributed by atoms with van der Waals surface area (Å²) in [4.78, 5) is 4.74. The van der Waals surface area contributed by atoms with E-state index in [1.165, 1.54) is 6.07 Å². The maximum atomic E-state index is 10.0. The number of benzene rings is 17. The molecule has 522 valence electrons. The highest BCUT2D eigenvalue weighted by Crippen LogP contribution is 2.56. The average molecular weight is 1430 g/mol. The zero-order valence-electron chi connectivity index (χ0n) is 75.8. The lowest BCUT2D eigenvalue weighted by Gasteiger charge is -2.46. The van der Waals surface area contributed by atoms with Crippen LogP contribution in [0.5, 0.6) is 0 Å². The first-order chi connectivity index (χ1) is 60.9. The van der Waals surface area contributed by atoms with E-state index in [4.69, 9.17) is 2.74 Å². The van der Waals surface area contributed by atoms with Crippen LogP contribution in [0.3, 0.4) is 0 Å². The molecule has 0 amide bonds. The molecule has 4 heterocycles. The van der Waals surface area contributed by atoms with E-state index in [1.54, 1.807) is 9.13 Å². The third-order valence-electron chi connectivity index (χ3n) is 22.1. The van der Waals surface area contributed by atoms with Crippen LogP contribution >= 0.6 is 0 Å². The van der Waals surface area contributed by atoms with E-state index in [0.29, 0.717) is 22.7 Å². The number of fused-ring (bicyclic) bond motifs is 10. The summed E-state index contributed by atoms with van der Waals surface area (Å²) in [7, 11) is 0. The highest BCUT2D eigenvalue weighted by Gasteiger charge is 2.46. The standard InChI is InChI=1S/C106H75BN4/c1-106(2,3)82-66-101-103-102(67-82)111(105-91(78-46-30-44-76(60-78)70-32-10-4-11-33-70)64-81(73-38-16-7-17-39-73)65-92(105)79-47-31-45-77(61-79)71-34-12-5-13-35-71)100-69-84(109-97-54-28-24-50-87(97)88-51-25-29-55-98(88)109)57-59-94(100)107(103)93-58-56-83(108-95-52-26-22-48-85(95)86-49-23-27-53-96(86)108)68-99(93)110(101)104-89(74-40-18-8-19-41-74)62-80(72-36-14-6-15-37-72)63-90(104)75-42-20-9-21-43-75/h4-69H,1-3H3/i22D,23D,24D,25D,26D,28D,29D,48D,49D,50D,51D,52D,53D,54D,55D. The van der Waals surface area contributed by atoms with Gasteiger partial charge in [-0.25, -0.2) is 0 Å². The number of hydrogen-bond acceptors (Lipinski definition) is 2. The maximum Gasteiger partial charge on any atom is 0.252 e. The molecule has 0 unspecified atom stereocenters. The van der Waals surface area contributed by atoms with Crippen LogP contribution in [0.1, 0.15) is 46.9 Å². The highest BCUT2D eigenvalue weighted by molar-refractivity contribution is 7.00. The van der Waals surface area contributed by atoms with Crippen molar-refractivity contribution < 1.29 is 20.6 Å². The van der Waals surface area contributed by atoms with Gasteiger partial charge >= 0.3 is 0 Å². The zero-order valence-corrected chi connectivity index (χ0v) is 60.8. The Kier molecular flexibility index (Phi) is 12.2. The molecule has 0 saturated carbocycles. The van der Waals surface area contributed by atoms with Gasteiger partial charge in [0.05, 0.1) is 54.0 Å². The summed E-state index contributed by atoms with van der Waals surface area (Å²) in [5.74, 6) is 0. The number of anilines is 6. The molecule has 2 aliphatic rings. The number of hydrogen-bond donors (Lipinski definition) is 0. The van der Waals surface area contributed by atoms with E-state index in [1.807, 2.05) is 140 Å². The topological polar surface area (TPSA) is 16.3 Å². The van der Waals surface area contributed by atoms with Crippen LogP contribution in [0.15, 0.2) is 400 Å². The molecule has 0 spiro atoms. The molecule has 0 N–H and O–H groups in total. The lowest BCUT2D eigenvalue weighted by molar-refractivity contribution is 0.590. The second-order valence-electron chi connectivity index (χ2n) is 29.6. The van der Waals surface area contributed by atoms with Crippen molar-refractivity contribution >= 4 is 101 Å². The molecule has 2 aliphatic heterocycles. The normalized spacial score (nSPS) is 14.3. The Labute approximate surface area is 669 Å². The molecule has 19 aromatic rings. The first-order valence-corrected chi connectivity index (χ1v) is 37.4. The monoisotopic (exact) mass is 1430 g/mol. The minimum atomic E-state index is -0.785. The molecule has 17 aromatic carbocycles. The van der Waals surface area contributed by atoms with Gasteiger partial charge in [0.15, 0.2) is 0 Å². The summed E-state index contributed by atoms with van der Waals surface area (Å²) >= 11 is 0. The fourth-order valence-electron chi connectivity index (χ4n) is 17.0. The van der Waals surface area contributed by atoms with Gasteiger partial charge in [0.2, 0.25) is 0 Å². The third-order valence-corrected chi connectivity index (χ3v) is 22.1. The summed E-state index contributed by atoms with van der Waals surface area (Å²) < 4.78 is 147. The number of aromatic nitrogens is 2. The van der Waals surface area contributed by atoms with E-state index < -0.39 is 84.6 Å². The van der Waals surface area contributed by atoms with Gasteiger partial charge in [-0.15, -0.1) is 0 Å². The van der Waals surface area contributed by atoms with E-state index in [-0.39, 0.29) is 61.7 Å². The third kappa shape index (κ3) is 11.0. The van der Waals surface area contributed by atoms with Crippen LogP contribution in [-0.2, 0) is 5.41 Å². The number of para-hydroxylation sites is 4. The largest absolute Gasteiger partial charge is 0.310 e. The smallest absolute Gasteiger partial charge is 0.252 e. The van der Waals surface area contributed by atoms with Gasteiger partial charge in [-0.2, -0.15) is 0 Å². The zero-order chi connectivity index (χ0) is 86.9. The summed E-state index contributed by atoms with van der Waals surface area (Å²) in [6.07, 6.45) is 0. The Balaban J connectivity index is 0.983. The summed E-state index contributed by atoms with van der Waals surface area (Å²) in [6, 6.07) is 99.3. The fraction of sp³-hybridized carbons (Fsp3) is 0.0377. The van der Waals surface area contributed by atoms with E-state index in [9.17, 15) is 17.8 Å². The molecule has 0 aliphatic carbocycles. The quantitative estimate of drug-likeness (QED) is 0.113. The van der Waals surface area contributed by atoms with Crippen LogP contribution in [0, 0.1) is 0 Å². The van der Waals surface area contributed by atoms with E-state index in [2.05, 4.69) is 194 Å². The molecular formula is C106H75BN4. The molecule has 0 fully saturated rings. The lowest BCUT2D eigenvalue weighted by atomic mass is 9.33. The predicted molar refractivity (Wildman–Crippen MR) is 471 cm³/mol. The second kappa shape index (κ2) is 26.4. The van der Waals surface area contributed by atoms with Crippen molar-refractivity contribution in [3.8, 4) is 100 Å². The van der Waals surface area contributed by atoms with Crippen molar-refractivity contribution in [3.63, 3.8) is 0 Å². The molecule has 0 bridgehead atoms. The first-order valence-electron chi connectivity index (χ1n) is 44.9. The Morgan fingerprint density at radius 1 is 0.252 bits per heavy atom. The van der Waals surface area contributed by atoms with Crippen molar-refractivity contribution in [1.82, 2.24) is 9.13 Å². The minimum Gasteiger partial charge on any atom is -0.310 e. The van der Waals surface area contributed by atoms with Crippen LogP contribution in [0.2, 0.25) is 0 Å². The molecule has 0 saturated heterocycles. The van der Waals surface area contributed by atoms with Crippen molar-refractivity contribution in [2.75, 3.05) is 9.80 Å². The first kappa shape index (κ1) is 51.3. The molecular weight excluding hydrogens is 1340 g/mol. The van der Waals surface area contributed by atoms with Crippen molar-refractivity contribution in [1.29, 1.82) is 0 Å². The highest BCUT2D eigenvalue weighted by atomic mass is 15.2. The predicted octanol–water partition coefficient (Wildman–Crippen LogP) is 26.6. The van der Waals surface area contributed by atoms with Crippen molar-refractivity contribution in [3.05, 3.63) is 406 Å². The van der Waals surface area contributed by atoms with Gasteiger partial charge in [-0.05, 0) is 191 Å². The average Bonchev–Trinajstić information content (AvgIpc) is 0.864. The van der Waals surface area contributed by atoms with Gasteiger partial charge in [0.1, 0.15) is 0 Å². The Morgan fingerprint density at radius 3 is 0.946 bits per heavy atom. The maximum absolute atomic E-state index is 10.0. The second-order valence-corrected chi connectivity index (χ2v) is 29.6. The molecule has 4 nitrogen and oxygen atoms in total. The number of rotatable bonds is 12. The molecule has 21 rings (SSSR count). The molecule has 111 heavy (non-hydrogen) atoms. The van der Waals surface area contributed by atoms with Gasteiger partial charge < -0.3 is 18.9 Å². The Hall–Kier alpha value is -14.0. The SMILES string of the molecule is [2H]c1cc([2H])c2c(c1[2H])c1c([2H])c([2H])c([2H])c([2H])c1n2-c1ccc2c(c1)N(c1c(-c3ccccc3)cc(-c3ccccc3)cc1-c1ccccc1)c1cc(C(C)(C)C)cc3c1B2c1ccc(-n2c4c([2H])c([2H])c([2H])c([2H])c4c4c([2H])c([2H])c([2H])c([2H])c42)cc1N3c1c(-c2cccc(-c3ccccc3)c2)cc(-c2ccccc2)cc1-c1cccc(-c2ccccc2)c1. The van der Waals surface area contributed by atoms with E-state index >= 15 is 0 Å². The van der Waals surface area contributed by atoms with E-state index in [0.717, 1.165) is 134 Å². The Bertz CT molecular complexity index is 7570. The van der Waals surface area contributed by atoms with Gasteiger partial charge in [-0.1, -0.05) is 324 Å². The fourth-order valence-corrected chi connectivity index (χ4v) is 17.0. The lowest BCUT2D eigenvalue weighted by Crippen LogP contribution is -2.61. The summed E-state index contributed by atoms with van der Waals surface area (Å²) in [5, 5.41) is -0.121. The van der Waals surface area contributed by atoms with Crippen LogP contribution < -0.4 is 26.2 Å².